The molecular formula is C14H11FN2O2. The van der Waals surface area contributed by atoms with Crippen LogP contribution in [0.1, 0.15) is 10.4 Å². The summed E-state index contributed by atoms with van der Waals surface area (Å²) in [4.78, 5) is 15.8. The predicted molar refractivity (Wildman–Crippen MR) is 67.9 cm³/mol. The fourth-order valence-corrected chi connectivity index (χ4v) is 2.01. The van der Waals surface area contributed by atoms with Gasteiger partial charge in [-0.1, -0.05) is 12.1 Å². The van der Waals surface area contributed by atoms with Crippen LogP contribution < -0.4 is 10.1 Å². The molecule has 96 valence electrons. The van der Waals surface area contributed by atoms with E-state index >= 15 is 0 Å². The zero-order chi connectivity index (χ0) is 13.2. The summed E-state index contributed by atoms with van der Waals surface area (Å²) in [6.07, 6.45) is 1.68. The highest BCUT2D eigenvalue weighted by molar-refractivity contribution is 6.00. The predicted octanol–water partition coefficient (Wildman–Crippen LogP) is 2.28. The minimum absolute atomic E-state index is 0.00109. The molecule has 1 aromatic heterocycles. The Morgan fingerprint density at radius 1 is 1.37 bits per heavy atom. The van der Waals surface area contributed by atoms with E-state index < -0.39 is 11.9 Å². The average Bonchev–Trinajstić information content (AvgIpc) is 2.46. The Morgan fingerprint density at radius 3 is 3.05 bits per heavy atom. The number of para-hydroxylation sites is 2. The lowest BCUT2D eigenvalue weighted by Gasteiger charge is -2.26. The second-order valence-corrected chi connectivity index (χ2v) is 4.20. The lowest BCUT2D eigenvalue weighted by molar-refractivity contribution is 0.0797. The molecule has 0 amide bonds. The molecule has 1 aromatic carbocycles. The first kappa shape index (κ1) is 11.6. The number of hydrogen-bond acceptors (Lipinski definition) is 4. The minimum atomic E-state index is -0.730. The Labute approximate surface area is 109 Å². The van der Waals surface area contributed by atoms with Crippen molar-refractivity contribution >= 4 is 11.5 Å². The van der Waals surface area contributed by atoms with Crippen LogP contribution in [0.3, 0.4) is 0 Å². The van der Waals surface area contributed by atoms with Gasteiger partial charge in [-0.05, 0) is 18.2 Å². The normalized spacial score (nSPS) is 17.0. The molecule has 1 aliphatic heterocycles. The molecule has 2 aromatic rings. The van der Waals surface area contributed by atoms with Gasteiger partial charge in [-0.2, -0.15) is 0 Å². The van der Waals surface area contributed by atoms with E-state index in [1.54, 1.807) is 6.07 Å². The van der Waals surface area contributed by atoms with E-state index in [-0.39, 0.29) is 11.3 Å². The van der Waals surface area contributed by atoms with Crippen molar-refractivity contribution in [3.63, 3.8) is 0 Å². The third-order valence-electron chi connectivity index (χ3n) is 2.96. The van der Waals surface area contributed by atoms with Gasteiger partial charge in [0.15, 0.2) is 11.9 Å². The first-order valence-electron chi connectivity index (χ1n) is 5.89. The van der Waals surface area contributed by atoms with Crippen LogP contribution in [0.2, 0.25) is 0 Å². The van der Waals surface area contributed by atoms with Crippen LogP contribution in [-0.4, -0.2) is 23.4 Å². The number of aromatic nitrogens is 1. The van der Waals surface area contributed by atoms with Crippen LogP contribution in [0, 0.1) is 5.82 Å². The van der Waals surface area contributed by atoms with Gasteiger partial charge in [0.25, 0.3) is 0 Å². The molecule has 4 nitrogen and oxygen atoms in total. The van der Waals surface area contributed by atoms with Gasteiger partial charge in [0, 0.05) is 6.20 Å². The lowest BCUT2D eigenvalue weighted by atomic mass is 10.1. The number of ketones is 1. The maximum atomic E-state index is 13.5. The standard InChI is InChI=1S/C14H11FN2O2/c15-10-7-16-6-5-9(10)14(18)13-8-17-11-3-1-2-4-12(11)19-13/h1-7,13,17H,8H2. The fourth-order valence-electron chi connectivity index (χ4n) is 2.01. The molecule has 19 heavy (non-hydrogen) atoms. The van der Waals surface area contributed by atoms with Gasteiger partial charge in [0.1, 0.15) is 5.75 Å². The molecule has 0 bridgehead atoms. The van der Waals surface area contributed by atoms with Gasteiger partial charge < -0.3 is 10.1 Å². The molecule has 1 unspecified atom stereocenters. The van der Waals surface area contributed by atoms with E-state index in [0.717, 1.165) is 11.9 Å². The monoisotopic (exact) mass is 258 g/mol. The van der Waals surface area contributed by atoms with Crippen LogP contribution >= 0.6 is 0 Å². The van der Waals surface area contributed by atoms with Crippen molar-refractivity contribution in [2.45, 2.75) is 6.10 Å². The van der Waals surface area contributed by atoms with E-state index in [1.165, 1.54) is 12.3 Å². The number of halogens is 1. The van der Waals surface area contributed by atoms with Crippen molar-refractivity contribution in [1.29, 1.82) is 0 Å². The third-order valence-corrected chi connectivity index (χ3v) is 2.96. The smallest absolute Gasteiger partial charge is 0.208 e. The number of Topliss-reactive ketones (excluding diaryl/α,β-unsaturated/α-hetero) is 1. The summed E-state index contributed by atoms with van der Waals surface area (Å²) in [7, 11) is 0. The van der Waals surface area contributed by atoms with E-state index in [9.17, 15) is 9.18 Å². The first-order valence-corrected chi connectivity index (χ1v) is 5.89. The quantitative estimate of drug-likeness (QED) is 0.840. The molecule has 1 aliphatic rings. The number of hydrogen-bond donors (Lipinski definition) is 1. The Kier molecular flexibility index (Phi) is 2.87. The highest BCUT2D eigenvalue weighted by Gasteiger charge is 2.28. The van der Waals surface area contributed by atoms with E-state index in [2.05, 4.69) is 10.3 Å². The summed E-state index contributed by atoms with van der Waals surface area (Å²) in [5.41, 5.74) is 0.836. The van der Waals surface area contributed by atoms with Crippen LogP contribution in [-0.2, 0) is 0 Å². The molecule has 0 spiro atoms. The molecular weight excluding hydrogens is 247 g/mol. The number of carbonyl (C=O) groups excluding carboxylic acids is 1. The maximum absolute atomic E-state index is 13.5. The van der Waals surface area contributed by atoms with Gasteiger partial charge in [-0.25, -0.2) is 4.39 Å². The van der Waals surface area contributed by atoms with Gasteiger partial charge in [0.2, 0.25) is 5.78 Å². The van der Waals surface area contributed by atoms with Crippen LogP contribution in [0.25, 0.3) is 0 Å². The summed E-state index contributed by atoms with van der Waals surface area (Å²) in [5, 5.41) is 3.10. The highest BCUT2D eigenvalue weighted by atomic mass is 19.1. The summed E-state index contributed by atoms with van der Waals surface area (Å²) in [6, 6.07) is 8.69. The number of ether oxygens (including phenoxy) is 1. The number of anilines is 1. The molecule has 1 atom stereocenters. The molecule has 0 aliphatic carbocycles. The molecule has 0 saturated heterocycles. The van der Waals surface area contributed by atoms with Crippen molar-refractivity contribution in [3.05, 3.63) is 54.1 Å². The van der Waals surface area contributed by atoms with Crippen molar-refractivity contribution in [2.24, 2.45) is 0 Å². The van der Waals surface area contributed by atoms with Crippen LogP contribution in [0.5, 0.6) is 5.75 Å². The van der Waals surface area contributed by atoms with Crippen molar-refractivity contribution in [1.82, 2.24) is 4.98 Å². The Morgan fingerprint density at radius 2 is 2.21 bits per heavy atom. The Balaban J connectivity index is 1.86. The Bertz CT molecular complexity index is 630. The van der Waals surface area contributed by atoms with E-state index in [1.807, 2.05) is 18.2 Å². The number of rotatable bonds is 2. The topological polar surface area (TPSA) is 51.2 Å². The van der Waals surface area contributed by atoms with Gasteiger partial charge in [-0.3, -0.25) is 9.78 Å². The van der Waals surface area contributed by atoms with Crippen LogP contribution in [0.15, 0.2) is 42.7 Å². The van der Waals surface area contributed by atoms with Gasteiger partial charge in [0.05, 0.1) is 24.0 Å². The van der Waals surface area contributed by atoms with Gasteiger partial charge in [-0.15, -0.1) is 0 Å². The maximum Gasteiger partial charge on any atom is 0.208 e. The number of carbonyl (C=O) groups is 1. The summed E-state index contributed by atoms with van der Waals surface area (Å²) >= 11 is 0. The second-order valence-electron chi connectivity index (χ2n) is 4.20. The molecule has 0 saturated carbocycles. The zero-order valence-corrected chi connectivity index (χ0v) is 9.97. The Hall–Kier alpha value is -2.43. The van der Waals surface area contributed by atoms with Crippen LogP contribution in [0.4, 0.5) is 10.1 Å². The number of nitrogens with zero attached hydrogens (tertiary/aromatic N) is 1. The summed E-state index contributed by atoms with van der Waals surface area (Å²) < 4.78 is 19.1. The second kappa shape index (κ2) is 4.68. The summed E-state index contributed by atoms with van der Waals surface area (Å²) in [5.74, 6) is -0.418. The third kappa shape index (κ3) is 2.14. The largest absolute Gasteiger partial charge is 0.478 e. The molecule has 3 rings (SSSR count). The molecule has 0 fully saturated rings. The number of benzene rings is 1. The molecule has 0 radical (unpaired) electrons. The van der Waals surface area contributed by atoms with E-state index in [4.69, 9.17) is 4.74 Å². The zero-order valence-electron chi connectivity index (χ0n) is 9.97. The van der Waals surface area contributed by atoms with Crippen molar-refractivity contribution in [3.8, 4) is 5.75 Å². The highest BCUT2D eigenvalue weighted by Crippen LogP contribution is 2.29. The number of pyridine rings is 1. The molecule has 2 heterocycles. The summed E-state index contributed by atoms with van der Waals surface area (Å²) in [6.45, 7) is 0.317. The van der Waals surface area contributed by atoms with Gasteiger partial charge >= 0.3 is 0 Å². The molecule has 5 heteroatoms. The van der Waals surface area contributed by atoms with Crippen molar-refractivity contribution in [2.75, 3.05) is 11.9 Å². The minimum Gasteiger partial charge on any atom is -0.478 e. The lowest BCUT2D eigenvalue weighted by Crippen LogP contribution is -2.38. The fraction of sp³-hybridized carbons (Fsp3) is 0.143. The molecule has 1 N–H and O–H groups in total. The van der Waals surface area contributed by atoms with E-state index in [0.29, 0.717) is 12.3 Å². The average molecular weight is 258 g/mol. The van der Waals surface area contributed by atoms with Crippen molar-refractivity contribution < 1.29 is 13.9 Å². The first-order chi connectivity index (χ1) is 9.25. The number of nitrogens with one attached hydrogen (secondary N) is 1. The number of fused-ring (bicyclic) bond motifs is 1. The SMILES string of the molecule is O=C(c1ccncc1F)C1CNc2ccccc2O1.